The first kappa shape index (κ1) is 18.6. The Bertz CT molecular complexity index is 570. The molecule has 124 valence electrons. The van der Waals surface area contributed by atoms with Crippen molar-refractivity contribution in [2.75, 3.05) is 47.4 Å². The van der Waals surface area contributed by atoms with Gasteiger partial charge in [-0.25, -0.2) is 12.7 Å². The first-order valence-corrected chi connectivity index (χ1v) is 8.34. The Morgan fingerprint density at radius 1 is 1.14 bits per heavy atom. The van der Waals surface area contributed by atoms with Crippen molar-refractivity contribution in [2.24, 2.45) is 0 Å². The van der Waals surface area contributed by atoms with E-state index in [1.54, 1.807) is 7.11 Å². The molecule has 22 heavy (non-hydrogen) atoms. The molecule has 0 aliphatic heterocycles. The first-order valence-electron chi connectivity index (χ1n) is 6.90. The fourth-order valence-electron chi connectivity index (χ4n) is 1.65. The number of rotatable bonds is 9. The molecule has 1 amide bonds. The predicted molar refractivity (Wildman–Crippen MR) is 84.4 cm³/mol. The Morgan fingerprint density at radius 3 is 2.32 bits per heavy atom. The van der Waals surface area contributed by atoms with Crippen LogP contribution in [0.4, 0.5) is 0 Å². The molecular formula is C14H23N3O4S. The number of nitrogens with one attached hydrogen (secondary N) is 2. The zero-order valence-corrected chi connectivity index (χ0v) is 13.9. The van der Waals surface area contributed by atoms with Gasteiger partial charge in [-0.1, -0.05) is 0 Å². The van der Waals surface area contributed by atoms with E-state index in [2.05, 4.69) is 10.6 Å². The first-order chi connectivity index (χ1) is 10.4. The molecule has 0 aliphatic rings. The van der Waals surface area contributed by atoms with Gasteiger partial charge >= 0.3 is 0 Å². The molecule has 0 bridgehead atoms. The second-order valence-corrected chi connectivity index (χ2v) is 6.96. The zero-order valence-electron chi connectivity index (χ0n) is 13.1. The van der Waals surface area contributed by atoms with Crippen LogP contribution in [0.2, 0.25) is 0 Å². The van der Waals surface area contributed by atoms with Gasteiger partial charge in [0.15, 0.2) is 0 Å². The molecule has 1 aromatic carbocycles. The Hall–Kier alpha value is -1.48. The van der Waals surface area contributed by atoms with E-state index in [9.17, 15) is 13.2 Å². The van der Waals surface area contributed by atoms with Crippen LogP contribution >= 0.6 is 0 Å². The molecule has 0 unspecified atom stereocenters. The number of ether oxygens (including phenoxy) is 1. The molecule has 0 fully saturated rings. The quantitative estimate of drug-likeness (QED) is 0.618. The number of hydrogen-bond acceptors (Lipinski definition) is 5. The molecule has 1 rings (SSSR count). The minimum atomic E-state index is -3.47. The van der Waals surface area contributed by atoms with Crippen molar-refractivity contribution in [3.8, 4) is 0 Å². The summed E-state index contributed by atoms with van der Waals surface area (Å²) < 4.78 is 29.9. The summed E-state index contributed by atoms with van der Waals surface area (Å²) in [6.45, 7) is 2.47. The Balaban J connectivity index is 2.51. The van der Waals surface area contributed by atoms with Gasteiger partial charge in [0.2, 0.25) is 10.0 Å². The smallest absolute Gasteiger partial charge is 0.251 e. The lowest BCUT2D eigenvalue weighted by molar-refractivity contribution is 0.0953. The van der Waals surface area contributed by atoms with Gasteiger partial charge in [0, 0.05) is 46.4 Å². The van der Waals surface area contributed by atoms with Crippen molar-refractivity contribution in [2.45, 2.75) is 4.90 Å². The van der Waals surface area contributed by atoms with E-state index in [0.717, 1.165) is 10.8 Å². The maximum absolute atomic E-state index is 11.9. The molecule has 8 heteroatoms. The molecule has 1 aromatic rings. The van der Waals surface area contributed by atoms with Crippen LogP contribution in [0.3, 0.4) is 0 Å². The normalized spacial score (nSPS) is 11.6. The van der Waals surface area contributed by atoms with Crippen molar-refractivity contribution in [3.63, 3.8) is 0 Å². The largest absolute Gasteiger partial charge is 0.383 e. The number of carbonyl (C=O) groups excluding carboxylic acids is 1. The standard InChI is InChI=1S/C14H23N3O4S/c1-17(2)22(19,20)13-6-4-12(5-7-13)14(18)16-9-8-15-10-11-21-3/h4-7,15H,8-11H2,1-3H3,(H,16,18). The minimum absolute atomic E-state index is 0.162. The lowest BCUT2D eigenvalue weighted by Crippen LogP contribution is -2.33. The lowest BCUT2D eigenvalue weighted by atomic mass is 10.2. The maximum Gasteiger partial charge on any atom is 0.251 e. The highest BCUT2D eigenvalue weighted by Gasteiger charge is 2.17. The van der Waals surface area contributed by atoms with Gasteiger partial charge in [-0.05, 0) is 24.3 Å². The van der Waals surface area contributed by atoms with Crippen molar-refractivity contribution in [1.29, 1.82) is 0 Å². The highest BCUT2D eigenvalue weighted by atomic mass is 32.2. The number of amides is 1. The molecule has 0 heterocycles. The van der Waals surface area contributed by atoms with E-state index in [0.29, 0.717) is 25.3 Å². The summed E-state index contributed by atoms with van der Waals surface area (Å²) in [4.78, 5) is 12.1. The summed E-state index contributed by atoms with van der Waals surface area (Å²) >= 11 is 0. The lowest BCUT2D eigenvalue weighted by Gasteiger charge is -2.11. The van der Waals surface area contributed by atoms with Gasteiger partial charge in [0.05, 0.1) is 11.5 Å². The third-order valence-electron chi connectivity index (χ3n) is 2.97. The van der Waals surface area contributed by atoms with Crippen molar-refractivity contribution in [1.82, 2.24) is 14.9 Å². The summed E-state index contributed by atoms with van der Waals surface area (Å²) in [5, 5.41) is 5.86. The van der Waals surface area contributed by atoms with Crippen LogP contribution in [-0.4, -0.2) is 66.1 Å². The van der Waals surface area contributed by atoms with Crippen LogP contribution < -0.4 is 10.6 Å². The van der Waals surface area contributed by atoms with Crippen molar-refractivity contribution < 1.29 is 17.9 Å². The molecular weight excluding hydrogens is 306 g/mol. The fraction of sp³-hybridized carbons (Fsp3) is 0.500. The third-order valence-corrected chi connectivity index (χ3v) is 4.79. The van der Waals surface area contributed by atoms with Gasteiger partial charge in [0.1, 0.15) is 0 Å². The molecule has 0 saturated carbocycles. The molecule has 0 aromatic heterocycles. The van der Waals surface area contributed by atoms with Crippen molar-refractivity contribution >= 4 is 15.9 Å². The molecule has 0 aliphatic carbocycles. The second kappa shape index (κ2) is 8.84. The van der Waals surface area contributed by atoms with Gasteiger partial charge in [-0.3, -0.25) is 4.79 Å². The minimum Gasteiger partial charge on any atom is -0.383 e. The molecule has 0 radical (unpaired) electrons. The number of nitrogens with zero attached hydrogens (tertiary/aromatic N) is 1. The van der Waals surface area contributed by atoms with Crippen LogP contribution in [0.15, 0.2) is 29.2 Å². The molecule has 0 spiro atoms. The van der Waals surface area contributed by atoms with Gasteiger partial charge in [-0.2, -0.15) is 0 Å². The third kappa shape index (κ3) is 5.38. The highest BCUT2D eigenvalue weighted by Crippen LogP contribution is 2.13. The summed E-state index contributed by atoms with van der Waals surface area (Å²) in [5.74, 6) is -0.234. The number of benzene rings is 1. The highest BCUT2D eigenvalue weighted by molar-refractivity contribution is 7.89. The van der Waals surface area contributed by atoms with Crippen LogP contribution in [0.25, 0.3) is 0 Å². The van der Waals surface area contributed by atoms with Crippen LogP contribution in [0.5, 0.6) is 0 Å². The zero-order chi connectivity index (χ0) is 16.6. The van der Waals surface area contributed by atoms with Crippen molar-refractivity contribution in [3.05, 3.63) is 29.8 Å². The Morgan fingerprint density at radius 2 is 1.77 bits per heavy atom. The van der Waals surface area contributed by atoms with Gasteiger partial charge in [0.25, 0.3) is 5.91 Å². The Labute approximate surface area is 131 Å². The SMILES string of the molecule is COCCNCCNC(=O)c1ccc(S(=O)(=O)N(C)C)cc1. The Kier molecular flexibility index (Phi) is 7.46. The summed E-state index contributed by atoms with van der Waals surface area (Å²) in [5.41, 5.74) is 0.426. The van der Waals surface area contributed by atoms with E-state index >= 15 is 0 Å². The van der Waals surface area contributed by atoms with E-state index in [-0.39, 0.29) is 10.8 Å². The topological polar surface area (TPSA) is 87.7 Å². The number of carbonyl (C=O) groups is 1. The van der Waals surface area contributed by atoms with Crippen LogP contribution in [0, 0.1) is 0 Å². The summed E-state index contributed by atoms with van der Waals surface area (Å²) in [6.07, 6.45) is 0. The predicted octanol–water partition coefficient (Wildman–Crippen LogP) is -0.0973. The van der Waals surface area contributed by atoms with E-state index < -0.39 is 10.0 Å². The summed E-state index contributed by atoms with van der Waals surface area (Å²) in [6, 6.07) is 5.87. The number of methoxy groups -OCH3 is 1. The molecule has 2 N–H and O–H groups in total. The number of hydrogen-bond donors (Lipinski definition) is 2. The van der Waals surface area contributed by atoms with Crippen LogP contribution in [0.1, 0.15) is 10.4 Å². The molecule has 0 saturated heterocycles. The summed E-state index contributed by atoms with van der Waals surface area (Å²) in [7, 11) is 1.09. The molecule has 7 nitrogen and oxygen atoms in total. The van der Waals surface area contributed by atoms with Gasteiger partial charge < -0.3 is 15.4 Å². The van der Waals surface area contributed by atoms with E-state index in [1.165, 1.54) is 38.4 Å². The fourth-order valence-corrected chi connectivity index (χ4v) is 2.56. The second-order valence-electron chi connectivity index (χ2n) is 4.81. The average Bonchev–Trinajstić information content (AvgIpc) is 2.50. The van der Waals surface area contributed by atoms with E-state index in [1.807, 2.05) is 0 Å². The van der Waals surface area contributed by atoms with Crippen LogP contribution in [-0.2, 0) is 14.8 Å². The molecule has 0 atom stereocenters. The van der Waals surface area contributed by atoms with E-state index in [4.69, 9.17) is 4.74 Å². The average molecular weight is 329 g/mol. The monoisotopic (exact) mass is 329 g/mol. The maximum atomic E-state index is 11.9. The van der Waals surface area contributed by atoms with Gasteiger partial charge in [-0.15, -0.1) is 0 Å². The number of sulfonamides is 1.